The Morgan fingerprint density at radius 1 is 1.05 bits per heavy atom. The van der Waals surface area contributed by atoms with Gasteiger partial charge in [-0.2, -0.15) is 0 Å². The first-order chi connectivity index (χ1) is 10.2. The monoisotopic (exact) mass is 284 g/mol. The Balaban J connectivity index is 2.21. The third-order valence-corrected chi connectivity index (χ3v) is 3.41. The summed E-state index contributed by atoms with van der Waals surface area (Å²) >= 11 is 0. The lowest BCUT2D eigenvalue weighted by molar-refractivity contribution is -0.152. The standard InChI is InChI=1S/C18H20O3/c1-2-21-18(20)16(13-14-9-5-3-6-10-14)17(19)15-11-7-4-8-12-15/h3-12,16-17,19H,2,13H2,1H3. The minimum Gasteiger partial charge on any atom is -0.466 e. The topological polar surface area (TPSA) is 46.5 Å². The number of rotatable bonds is 6. The van der Waals surface area contributed by atoms with Crippen molar-refractivity contribution in [2.45, 2.75) is 19.4 Å². The van der Waals surface area contributed by atoms with Crippen molar-refractivity contribution in [2.75, 3.05) is 6.61 Å². The summed E-state index contributed by atoms with van der Waals surface area (Å²) in [7, 11) is 0. The fourth-order valence-electron chi connectivity index (χ4n) is 2.32. The van der Waals surface area contributed by atoms with Crippen molar-refractivity contribution in [1.29, 1.82) is 0 Å². The zero-order valence-electron chi connectivity index (χ0n) is 12.1. The van der Waals surface area contributed by atoms with E-state index >= 15 is 0 Å². The number of ether oxygens (including phenoxy) is 1. The van der Waals surface area contributed by atoms with Crippen molar-refractivity contribution in [3.8, 4) is 0 Å². The molecule has 2 atom stereocenters. The van der Waals surface area contributed by atoms with Gasteiger partial charge >= 0.3 is 5.97 Å². The number of carbonyl (C=O) groups excluding carboxylic acids is 1. The van der Waals surface area contributed by atoms with Crippen LogP contribution < -0.4 is 0 Å². The van der Waals surface area contributed by atoms with Crippen molar-refractivity contribution >= 4 is 5.97 Å². The third-order valence-electron chi connectivity index (χ3n) is 3.41. The van der Waals surface area contributed by atoms with E-state index in [1.54, 1.807) is 6.92 Å². The molecule has 0 aliphatic heterocycles. The van der Waals surface area contributed by atoms with Gasteiger partial charge in [0.15, 0.2) is 0 Å². The number of carbonyl (C=O) groups is 1. The van der Waals surface area contributed by atoms with Gasteiger partial charge in [0.05, 0.1) is 18.6 Å². The number of hydrogen-bond donors (Lipinski definition) is 1. The minimum absolute atomic E-state index is 0.311. The Labute approximate surface area is 125 Å². The van der Waals surface area contributed by atoms with Crippen LogP contribution in [0, 0.1) is 5.92 Å². The van der Waals surface area contributed by atoms with E-state index in [9.17, 15) is 9.90 Å². The molecule has 1 N–H and O–H groups in total. The Bertz CT molecular complexity index is 551. The number of aliphatic hydroxyl groups is 1. The molecule has 2 aromatic rings. The minimum atomic E-state index is -0.870. The Morgan fingerprint density at radius 3 is 2.19 bits per heavy atom. The van der Waals surface area contributed by atoms with Gasteiger partial charge in [0.1, 0.15) is 0 Å². The maximum atomic E-state index is 12.2. The largest absolute Gasteiger partial charge is 0.466 e. The van der Waals surface area contributed by atoms with E-state index in [0.717, 1.165) is 11.1 Å². The summed E-state index contributed by atoms with van der Waals surface area (Å²) in [4.78, 5) is 12.2. The molecule has 3 heteroatoms. The molecule has 2 rings (SSSR count). The third kappa shape index (κ3) is 4.17. The Morgan fingerprint density at radius 2 is 1.62 bits per heavy atom. The van der Waals surface area contributed by atoms with Crippen LogP contribution >= 0.6 is 0 Å². The first-order valence-electron chi connectivity index (χ1n) is 7.16. The van der Waals surface area contributed by atoms with Crippen molar-refractivity contribution in [2.24, 2.45) is 5.92 Å². The second-order valence-corrected chi connectivity index (χ2v) is 4.90. The van der Waals surface area contributed by atoms with Gasteiger partial charge in [0.2, 0.25) is 0 Å². The van der Waals surface area contributed by atoms with Crippen molar-refractivity contribution in [3.63, 3.8) is 0 Å². The first-order valence-corrected chi connectivity index (χ1v) is 7.16. The second kappa shape index (κ2) is 7.60. The lowest BCUT2D eigenvalue weighted by Gasteiger charge is -2.21. The van der Waals surface area contributed by atoms with Crippen LogP contribution in [0.1, 0.15) is 24.2 Å². The highest BCUT2D eigenvalue weighted by Crippen LogP contribution is 2.26. The summed E-state index contributed by atoms with van der Waals surface area (Å²) in [5, 5.41) is 10.5. The second-order valence-electron chi connectivity index (χ2n) is 4.90. The molecule has 3 nitrogen and oxygen atoms in total. The molecular weight excluding hydrogens is 264 g/mol. The average Bonchev–Trinajstić information content (AvgIpc) is 2.54. The van der Waals surface area contributed by atoms with E-state index < -0.39 is 12.0 Å². The van der Waals surface area contributed by atoms with E-state index in [-0.39, 0.29) is 5.97 Å². The SMILES string of the molecule is CCOC(=O)C(Cc1ccccc1)C(O)c1ccccc1. The van der Waals surface area contributed by atoms with E-state index in [1.807, 2.05) is 60.7 Å². The van der Waals surface area contributed by atoms with Gasteiger partial charge in [0, 0.05) is 0 Å². The molecule has 0 spiro atoms. The molecule has 2 aromatic carbocycles. The summed E-state index contributed by atoms with van der Waals surface area (Å²) in [6, 6.07) is 18.9. The average molecular weight is 284 g/mol. The Kier molecular flexibility index (Phi) is 5.52. The smallest absolute Gasteiger partial charge is 0.312 e. The van der Waals surface area contributed by atoms with Gasteiger partial charge in [0.25, 0.3) is 0 Å². The lowest BCUT2D eigenvalue weighted by Crippen LogP contribution is -2.26. The van der Waals surface area contributed by atoms with Crippen LogP contribution in [-0.2, 0) is 16.0 Å². The molecule has 0 saturated carbocycles. The molecule has 110 valence electrons. The quantitative estimate of drug-likeness (QED) is 0.829. The summed E-state index contributed by atoms with van der Waals surface area (Å²) in [6.45, 7) is 2.08. The summed E-state index contributed by atoms with van der Waals surface area (Å²) < 4.78 is 5.12. The lowest BCUT2D eigenvalue weighted by atomic mass is 9.90. The molecule has 0 bridgehead atoms. The summed E-state index contributed by atoms with van der Waals surface area (Å²) in [5.41, 5.74) is 1.73. The van der Waals surface area contributed by atoms with Crippen LogP contribution in [-0.4, -0.2) is 17.7 Å². The maximum Gasteiger partial charge on any atom is 0.312 e. The van der Waals surface area contributed by atoms with E-state index in [4.69, 9.17) is 4.74 Å². The van der Waals surface area contributed by atoms with Gasteiger partial charge in [-0.25, -0.2) is 0 Å². The van der Waals surface area contributed by atoms with Crippen LogP contribution in [0.3, 0.4) is 0 Å². The van der Waals surface area contributed by atoms with Crippen LogP contribution in [0.25, 0.3) is 0 Å². The molecule has 0 heterocycles. The summed E-state index contributed by atoms with van der Waals surface area (Å²) in [5.74, 6) is -0.965. The molecule has 0 radical (unpaired) electrons. The van der Waals surface area contributed by atoms with Crippen LogP contribution in [0.15, 0.2) is 60.7 Å². The predicted molar refractivity (Wildman–Crippen MR) is 81.7 cm³/mol. The molecule has 0 aliphatic rings. The highest BCUT2D eigenvalue weighted by Gasteiger charge is 2.29. The molecular formula is C18H20O3. The highest BCUT2D eigenvalue weighted by molar-refractivity contribution is 5.73. The molecule has 0 fully saturated rings. The summed E-state index contributed by atoms with van der Waals surface area (Å²) in [6.07, 6.45) is -0.416. The number of aliphatic hydroxyl groups excluding tert-OH is 1. The molecule has 0 aliphatic carbocycles. The Hall–Kier alpha value is -2.13. The first kappa shape index (κ1) is 15.3. The van der Waals surface area contributed by atoms with E-state index in [0.29, 0.717) is 13.0 Å². The van der Waals surface area contributed by atoms with Crippen LogP contribution in [0.2, 0.25) is 0 Å². The van der Waals surface area contributed by atoms with Gasteiger partial charge in [-0.1, -0.05) is 60.7 Å². The predicted octanol–water partition coefficient (Wildman–Crippen LogP) is 3.14. The van der Waals surface area contributed by atoms with Gasteiger partial charge < -0.3 is 9.84 Å². The van der Waals surface area contributed by atoms with Crippen molar-refractivity contribution < 1.29 is 14.6 Å². The fourth-order valence-corrected chi connectivity index (χ4v) is 2.32. The van der Waals surface area contributed by atoms with E-state index in [1.165, 1.54) is 0 Å². The van der Waals surface area contributed by atoms with Crippen molar-refractivity contribution in [1.82, 2.24) is 0 Å². The fraction of sp³-hybridized carbons (Fsp3) is 0.278. The number of benzene rings is 2. The molecule has 2 unspecified atom stereocenters. The molecule has 0 saturated heterocycles. The van der Waals surface area contributed by atoms with Crippen molar-refractivity contribution in [3.05, 3.63) is 71.8 Å². The number of esters is 1. The highest BCUT2D eigenvalue weighted by atomic mass is 16.5. The molecule has 21 heavy (non-hydrogen) atoms. The zero-order valence-corrected chi connectivity index (χ0v) is 12.1. The molecule has 0 aromatic heterocycles. The van der Waals surface area contributed by atoms with Crippen LogP contribution in [0.5, 0.6) is 0 Å². The zero-order chi connectivity index (χ0) is 15.1. The normalized spacial score (nSPS) is 13.4. The van der Waals surface area contributed by atoms with Gasteiger partial charge in [-0.05, 0) is 24.5 Å². The van der Waals surface area contributed by atoms with Crippen LogP contribution in [0.4, 0.5) is 0 Å². The van der Waals surface area contributed by atoms with Gasteiger partial charge in [-0.3, -0.25) is 4.79 Å². The maximum absolute atomic E-state index is 12.2. The number of hydrogen-bond acceptors (Lipinski definition) is 3. The van der Waals surface area contributed by atoms with Gasteiger partial charge in [-0.15, -0.1) is 0 Å². The van der Waals surface area contributed by atoms with E-state index in [2.05, 4.69) is 0 Å². The molecule has 0 amide bonds.